The lowest BCUT2D eigenvalue weighted by atomic mass is 9.88. The van der Waals surface area contributed by atoms with E-state index >= 15 is 0 Å². The molecule has 2 saturated heterocycles. The Morgan fingerprint density at radius 3 is 1.72 bits per heavy atom. The van der Waals surface area contributed by atoms with Gasteiger partial charge in [0.25, 0.3) is 0 Å². The van der Waals surface area contributed by atoms with Crippen molar-refractivity contribution in [2.45, 2.75) is 51.9 Å². The van der Waals surface area contributed by atoms with Gasteiger partial charge in [0.2, 0.25) is 17.7 Å². The Bertz CT molecular complexity index is 508. The van der Waals surface area contributed by atoms with Crippen molar-refractivity contribution < 1.29 is 14.4 Å². The van der Waals surface area contributed by atoms with Gasteiger partial charge in [-0.25, -0.2) is 0 Å². The number of likely N-dealkylation sites (tertiary alicyclic amines) is 1. The Hall–Kier alpha value is -1.59. The van der Waals surface area contributed by atoms with Gasteiger partial charge >= 0.3 is 0 Å². The first-order valence-electron chi connectivity index (χ1n) is 9.89. The molecule has 1 saturated carbocycles. The molecule has 0 aromatic carbocycles. The number of rotatable bonds is 2. The van der Waals surface area contributed by atoms with Gasteiger partial charge in [-0.15, -0.1) is 0 Å². The number of nitrogens with zero attached hydrogens (tertiary/aromatic N) is 3. The van der Waals surface area contributed by atoms with Crippen LogP contribution < -0.4 is 0 Å². The summed E-state index contributed by atoms with van der Waals surface area (Å²) in [6, 6.07) is 0. The topological polar surface area (TPSA) is 60.9 Å². The minimum absolute atomic E-state index is 0.0559. The molecule has 0 aromatic heterocycles. The molecule has 1 aliphatic carbocycles. The van der Waals surface area contributed by atoms with Crippen molar-refractivity contribution in [1.82, 2.24) is 14.7 Å². The van der Waals surface area contributed by atoms with Crippen LogP contribution in [0.1, 0.15) is 51.9 Å². The molecule has 0 aromatic rings. The molecule has 3 fully saturated rings. The summed E-state index contributed by atoms with van der Waals surface area (Å²) in [7, 11) is 0. The van der Waals surface area contributed by atoms with Gasteiger partial charge < -0.3 is 14.7 Å². The van der Waals surface area contributed by atoms with E-state index in [4.69, 9.17) is 0 Å². The van der Waals surface area contributed by atoms with Crippen LogP contribution in [-0.2, 0) is 14.4 Å². The Kier molecular flexibility index (Phi) is 5.97. The van der Waals surface area contributed by atoms with E-state index in [-0.39, 0.29) is 23.7 Å². The van der Waals surface area contributed by atoms with Crippen LogP contribution in [0.4, 0.5) is 0 Å². The second-order valence-corrected chi connectivity index (χ2v) is 7.79. The summed E-state index contributed by atoms with van der Waals surface area (Å²) in [5.41, 5.74) is 0. The number of hydrogen-bond donors (Lipinski definition) is 0. The number of piperazine rings is 1. The second-order valence-electron chi connectivity index (χ2n) is 7.79. The molecular weight excluding hydrogens is 318 g/mol. The fourth-order valence-corrected chi connectivity index (χ4v) is 4.48. The monoisotopic (exact) mass is 349 g/mol. The molecule has 6 nitrogen and oxygen atoms in total. The highest BCUT2D eigenvalue weighted by atomic mass is 16.2. The van der Waals surface area contributed by atoms with Crippen LogP contribution in [0.15, 0.2) is 0 Å². The van der Waals surface area contributed by atoms with Crippen molar-refractivity contribution in [3.05, 3.63) is 0 Å². The van der Waals surface area contributed by atoms with E-state index in [1.807, 2.05) is 9.80 Å². The van der Waals surface area contributed by atoms with Crippen LogP contribution in [0, 0.1) is 11.8 Å². The second kappa shape index (κ2) is 8.19. The quantitative estimate of drug-likeness (QED) is 0.759. The first kappa shape index (κ1) is 18.2. The predicted octanol–water partition coefficient (Wildman–Crippen LogP) is 1.50. The number of piperidine rings is 1. The van der Waals surface area contributed by atoms with Crippen LogP contribution in [0.25, 0.3) is 0 Å². The largest absolute Gasteiger partial charge is 0.342 e. The van der Waals surface area contributed by atoms with Gasteiger partial charge in [0.15, 0.2) is 0 Å². The van der Waals surface area contributed by atoms with Gasteiger partial charge in [-0.3, -0.25) is 14.4 Å². The molecule has 6 heteroatoms. The molecule has 2 aliphatic heterocycles. The normalized spacial score (nSPS) is 25.8. The third kappa shape index (κ3) is 4.33. The number of carbonyl (C=O) groups is 3. The van der Waals surface area contributed by atoms with Crippen molar-refractivity contribution in [2.75, 3.05) is 39.3 Å². The molecule has 0 N–H and O–H groups in total. The van der Waals surface area contributed by atoms with Gasteiger partial charge in [0, 0.05) is 52.1 Å². The fourth-order valence-electron chi connectivity index (χ4n) is 4.48. The lowest BCUT2D eigenvalue weighted by molar-refractivity contribution is -0.146. The first-order valence-corrected chi connectivity index (χ1v) is 9.89. The third-order valence-corrected chi connectivity index (χ3v) is 6.07. The molecule has 3 rings (SSSR count). The molecule has 2 heterocycles. The highest BCUT2D eigenvalue weighted by molar-refractivity contribution is 5.82. The Balaban J connectivity index is 1.49. The molecule has 3 aliphatic rings. The molecule has 0 spiro atoms. The maximum absolute atomic E-state index is 12.8. The van der Waals surface area contributed by atoms with Crippen molar-refractivity contribution in [3.63, 3.8) is 0 Å². The van der Waals surface area contributed by atoms with E-state index < -0.39 is 0 Å². The summed E-state index contributed by atoms with van der Waals surface area (Å²) in [6.07, 6.45) is 7.42. The molecule has 25 heavy (non-hydrogen) atoms. The minimum Gasteiger partial charge on any atom is -0.342 e. The zero-order valence-corrected chi connectivity index (χ0v) is 15.4. The third-order valence-electron chi connectivity index (χ3n) is 6.07. The zero-order chi connectivity index (χ0) is 17.8. The van der Waals surface area contributed by atoms with Crippen molar-refractivity contribution in [3.8, 4) is 0 Å². The predicted molar refractivity (Wildman–Crippen MR) is 94.7 cm³/mol. The average molecular weight is 349 g/mol. The minimum atomic E-state index is -0.0711. The van der Waals surface area contributed by atoms with Crippen molar-refractivity contribution in [1.29, 1.82) is 0 Å². The summed E-state index contributed by atoms with van der Waals surface area (Å²) < 4.78 is 0. The van der Waals surface area contributed by atoms with Gasteiger partial charge in [0.05, 0.1) is 5.92 Å². The Morgan fingerprint density at radius 2 is 1.16 bits per heavy atom. The Morgan fingerprint density at radius 1 is 0.640 bits per heavy atom. The summed E-state index contributed by atoms with van der Waals surface area (Å²) >= 11 is 0. The van der Waals surface area contributed by atoms with Gasteiger partial charge in [-0.1, -0.05) is 19.3 Å². The smallest absolute Gasteiger partial charge is 0.227 e. The van der Waals surface area contributed by atoms with Gasteiger partial charge in [-0.05, 0) is 25.7 Å². The van der Waals surface area contributed by atoms with E-state index in [2.05, 4.69) is 0 Å². The van der Waals surface area contributed by atoms with Crippen molar-refractivity contribution in [2.24, 2.45) is 11.8 Å². The number of carbonyl (C=O) groups excluding carboxylic acids is 3. The van der Waals surface area contributed by atoms with E-state index in [9.17, 15) is 14.4 Å². The highest BCUT2D eigenvalue weighted by Gasteiger charge is 2.34. The van der Waals surface area contributed by atoms with E-state index in [1.54, 1.807) is 11.8 Å². The van der Waals surface area contributed by atoms with Crippen molar-refractivity contribution >= 4 is 17.7 Å². The summed E-state index contributed by atoms with van der Waals surface area (Å²) in [5, 5.41) is 0. The van der Waals surface area contributed by atoms with E-state index in [0.717, 1.165) is 32.2 Å². The van der Waals surface area contributed by atoms with Crippen LogP contribution in [-0.4, -0.2) is 71.7 Å². The SMILES string of the molecule is CC(=O)N1CCCC(C(=O)N2CCN(C(=O)C3CCCCC3)CC2)C1. The number of hydrogen-bond acceptors (Lipinski definition) is 3. The molecule has 1 atom stereocenters. The van der Waals surface area contributed by atoms with Crippen LogP contribution in [0.5, 0.6) is 0 Å². The molecular formula is C19H31N3O3. The molecule has 0 radical (unpaired) electrons. The van der Waals surface area contributed by atoms with Gasteiger partial charge in [-0.2, -0.15) is 0 Å². The maximum Gasteiger partial charge on any atom is 0.227 e. The van der Waals surface area contributed by atoms with E-state index in [0.29, 0.717) is 38.6 Å². The molecule has 1 unspecified atom stereocenters. The summed E-state index contributed by atoms with van der Waals surface area (Å²) in [5.74, 6) is 0.653. The molecule has 3 amide bonds. The summed E-state index contributed by atoms with van der Waals surface area (Å²) in [4.78, 5) is 42.6. The number of amides is 3. The molecule has 140 valence electrons. The van der Waals surface area contributed by atoms with Crippen LogP contribution >= 0.6 is 0 Å². The first-order chi connectivity index (χ1) is 12.1. The zero-order valence-electron chi connectivity index (χ0n) is 15.4. The maximum atomic E-state index is 12.8. The average Bonchev–Trinajstić information content (AvgIpc) is 2.67. The van der Waals surface area contributed by atoms with E-state index in [1.165, 1.54) is 19.3 Å². The lowest BCUT2D eigenvalue weighted by Gasteiger charge is -2.40. The Labute approximate surface area is 150 Å². The van der Waals surface area contributed by atoms with Gasteiger partial charge in [0.1, 0.15) is 0 Å². The van der Waals surface area contributed by atoms with Crippen LogP contribution in [0.3, 0.4) is 0 Å². The lowest BCUT2D eigenvalue weighted by Crippen LogP contribution is -2.54. The summed E-state index contributed by atoms with van der Waals surface area (Å²) in [6.45, 7) is 5.47. The molecule has 0 bridgehead atoms. The van der Waals surface area contributed by atoms with Crippen LogP contribution in [0.2, 0.25) is 0 Å². The highest BCUT2D eigenvalue weighted by Crippen LogP contribution is 2.26. The fraction of sp³-hybridized carbons (Fsp3) is 0.842. The standard InChI is InChI=1S/C19H31N3O3/c1-15(23)22-9-5-8-17(14-22)19(25)21-12-10-20(11-13-21)18(24)16-6-3-2-4-7-16/h16-17H,2-14H2,1H3.